The number of hydrogen-bond donors (Lipinski definition) is 2. The molecule has 0 saturated heterocycles. The maximum Gasteiger partial charge on any atom is 0.224 e. The van der Waals surface area contributed by atoms with Crippen LogP contribution in [-0.4, -0.2) is 21.6 Å². The van der Waals surface area contributed by atoms with Gasteiger partial charge in [-0.3, -0.25) is 4.79 Å². The van der Waals surface area contributed by atoms with E-state index in [4.69, 9.17) is 0 Å². The highest BCUT2D eigenvalue weighted by Gasteiger charge is 2.07. The van der Waals surface area contributed by atoms with Crippen LogP contribution in [0, 0.1) is 0 Å². The van der Waals surface area contributed by atoms with E-state index in [-0.39, 0.29) is 5.91 Å². The Morgan fingerprint density at radius 2 is 1.79 bits per heavy atom. The van der Waals surface area contributed by atoms with Gasteiger partial charge in [-0.2, -0.15) is 0 Å². The Balaban J connectivity index is 1.33. The highest BCUT2D eigenvalue weighted by atomic mass is 32.2. The first-order valence-corrected chi connectivity index (χ1v) is 10.3. The zero-order valence-corrected chi connectivity index (χ0v) is 16.2. The van der Waals surface area contributed by atoms with Crippen molar-refractivity contribution in [3.05, 3.63) is 78.9 Å². The lowest BCUT2D eigenvalue weighted by Gasteiger charge is -2.07. The van der Waals surface area contributed by atoms with Crippen LogP contribution in [0.5, 0.6) is 0 Å². The second-order valence-corrected chi connectivity index (χ2v) is 7.66. The Morgan fingerprint density at radius 1 is 0.964 bits per heavy atom. The number of carbonyl (C=O) groups is 1. The summed E-state index contributed by atoms with van der Waals surface area (Å²) < 4.78 is 0. The number of para-hydroxylation sites is 2. The summed E-state index contributed by atoms with van der Waals surface area (Å²) in [5.74, 6) is 1.77. The number of nitrogens with zero attached hydrogens (tertiary/aromatic N) is 1. The average molecular weight is 388 g/mol. The van der Waals surface area contributed by atoms with E-state index in [9.17, 15) is 4.79 Å². The fourth-order valence-electron chi connectivity index (χ4n) is 3.00. The molecule has 1 amide bonds. The molecule has 1 aromatic heterocycles. The zero-order valence-electron chi connectivity index (χ0n) is 15.4. The van der Waals surface area contributed by atoms with Gasteiger partial charge in [0.1, 0.15) is 5.82 Å². The zero-order chi connectivity index (χ0) is 19.2. The van der Waals surface area contributed by atoms with E-state index in [1.54, 1.807) is 11.8 Å². The lowest BCUT2D eigenvalue weighted by atomic mass is 10.2. The topological polar surface area (TPSA) is 57.8 Å². The van der Waals surface area contributed by atoms with Gasteiger partial charge in [-0.25, -0.2) is 4.98 Å². The van der Waals surface area contributed by atoms with Crippen molar-refractivity contribution in [2.45, 2.75) is 17.7 Å². The molecule has 2 N–H and O–H groups in total. The first kappa shape index (κ1) is 18.3. The molecule has 4 nitrogen and oxygen atoms in total. The molecule has 0 aliphatic rings. The van der Waals surface area contributed by atoms with E-state index in [1.807, 2.05) is 66.7 Å². The highest BCUT2D eigenvalue weighted by molar-refractivity contribution is 7.99. The van der Waals surface area contributed by atoms with Crippen molar-refractivity contribution in [2.24, 2.45) is 0 Å². The number of fused-ring (bicyclic) bond motifs is 1. The number of benzene rings is 3. The summed E-state index contributed by atoms with van der Waals surface area (Å²) >= 11 is 1.78. The number of nitrogens with one attached hydrogen (secondary N) is 2. The third-order valence-electron chi connectivity index (χ3n) is 4.37. The summed E-state index contributed by atoms with van der Waals surface area (Å²) in [6.45, 7) is 0. The summed E-state index contributed by atoms with van der Waals surface area (Å²) in [5, 5.41) is 2.99. The van der Waals surface area contributed by atoms with Crippen molar-refractivity contribution < 1.29 is 4.79 Å². The SMILES string of the molecule is O=C(CCCSc1ccccc1)Nc1cccc(-c2nc3ccccc3[nH]2)c1. The average Bonchev–Trinajstić information content (AvgIpc) is 3.17. The monoisotopic (exact) mass is 387 g/mol. The number of thioether (sulfide) groups is 1. The molecule has 0 radical (unpaired) electrons. The largest absolute Gasteiger partial charge is 0.338 e. The first-order valence-electron chi connectivity index (χ1n) is 9.31. The Hall–Kier alpha value is -3.05. The van der Waals surface area contributed by atoms with Crippen LogP contribution in [0.3, 0.4) is 0 Å². The minimum Gasteiger partial charge on any atom is -0.338 e. The molecule has 3 aromatic carbocycles. The molecule has 0 unspecified atom stereocenters. The maximum absolute atomic E-state index is 12.3. The van der Waals surface area contributed by atoms with Gasteiger partial charge in [0.2, 0.25) is 5.91 Å². The molecule has 0 aliphatic carbocycles. The van der Waals surface area contributed by atoms with Crippen molar-refractivity contribution in [3.8, 4) is 11.4 Å². The number of aromatic amines is 1. The predicted octanol–water partition coefficient (Wildman–Crippen LogP) is 5.74. The second-order valence-electron chi connectivity index (χ2n) is 6.50. The minimum absolute atomic E-state index is 0.0374. The van der Waals surface area contributed by atoms with Crippen LogP contribution < -0.4 is 5.32 Å². The molecule has 0 atom stereocenters. The van der Waals surface area contributed by atoms with Gasteiger partial charge in [0.15, 0.2) is 0 Å². The van der Waals surface area contributed by atoms with Gasteiger partial charge >= 0.3 is 0 Å². The van der Waals surface area contributed by atoms with E-state index in [2.05, 4.69) is 27.4 Å². The van der Waals surface area contributed by atoms with Crippen LogP contribution in [0.1, 0.15) is 12.8 Å². The Labute approximate surface area is 168 Å². The van der Waals surface area contributed by atoms with Gasteiger partial charge in [0.05, 0.1) is 11.0 Å². The van der Waals surface area contributed by atoms with E-state index in [1.165, 1.54) is 4.90 Å². The van der Waals surface area contributed by atoms with E-state index in [0.717, 1.165) is 40.3 Å². The fraction of sp³-hybridized carbons (Fsp3) is 0.130. The molecule has 0 bridgehead atoms. The summed E-state index contributed by atoms with van der Waals surface area (Å²) in [5.41, 5.74) is 3.68. The first-order chi connectivity index (χ1) is 13.8. The molecule has 0 aliphatic heterocycles. The lowest BCUT2D eigenvalue weighted by molar-refractivity contribution is -0.116. The van der Waals surface area contributed by atoms with Crippen LogP contribution in [-0.2, 0) is 4.79 Å². The van der Waals surface area contributed by atoms with Crippen molar-refractivity contribution in [1.82, 2.24) is 9.97 Å². The number of aromatic nitrogens is 2. The molecule has 4 rings (SSSR count). The third-order valence-corrected chi connectivity index (χ3v) is 5.47. The number of amides is 1. The molecule has 28 heavy (non-hydrogen) atoms. The molecule has 4 aromatic rings. The summed E-state index contributed by atoms with van der Waals surface area (Å²) in [4.78, 5) is 21.5. The Kier molecular flexibility index (Phi) is 5.73. The number of carbonyl (C=O) groups excluding carboxylic acids is 1. The van der Waals surface area contributed by atoms with Gasteiger partial charge in [-0.05, 0) is 48.6 Å². The van der Waals surface area contributed by atoms with Crippen LogP contribution in [0.2, 0.25) is 0 Å². The van der Waals surface area contributed by atoms with Gasteiger partial charge in [0, 0.05) is 22.6 Å². The third kappa shape index (κ3) is 4.61. The van der Waals surface area contributed by atoms with E-state index in [0.29, 0.717) is 6.42 Å². The van der Waals surface area contributed by atoms with Crippen LogP contribution in [0.15, 0.2) is 83.8 Å². The van der Waals surface area contributed by atoms with Crippen molar-refractivity contribution in [1.29, 1.82) is 0 Å². The minimum atomic E-state index is 0.0374. The number of H-pyrrole nitrogens is 1. The normalized spacial score (nSPS) is 10.9. The van der Waals surface area contributed by atoms with Gasteiger partial charge in [-0.15, -0.1) is 11.8 Å². The number of imidazole rings is 1. The van der Waals surface area contributed by atoms with E-state index < -0.39 is 0 Å². The fourth-order valence-corrected chi connectivity index (χ4v) is 3.87. The molecular formula is C23H21N3OS. The van der Waals surface area contributed by atoms with Gasteiger partial charge < -0.3 is 10.3 Å². The molecule has 5 heteroatoms. The molecule has 0 saturated carbocycles. The van der Waals surface area contributed by atoms with Crippen molar-refractivity contribution >= 4 is 34.4 Å². The molecule has 1 heterocycles. The number of hydrogen-bond acceptors (Lipinski definition) is 3. The second kappa shape index (κ2) is 8.76. The Bertz CT molecular complexity index is 1040. The number of rotatable bonds is 7. The smallest absolute Gasteiger partial charge is 0.224 e. The summed E-state index contributed by atoms with van der Waals surface area (Å²) in [6.07, 6.45) is 1.35. The molecule has 0 spiro atoms. The molecule has 140 valence electrons. The number of anilines is 1. The maximum atomic E-state index is 12.3. The van der Waals surface area contributed by atoms with Crippen LogP contribution >= 0.6 is 11.8 Å². The van der Waals surface area contributed by atoms with Gasteiger partial charge in [-0.1, -0.05) is 42.5 Å². The summed E-state index contributed by atoms with van der Waals surface area (Å²) in [6, 6.07) is 26.0. The van der Waals surface area contributed by atoms with Crippen molar-refractivity contribution in [3.63, 3.8) is 0 Å². The van der Waals surface area contributed by atoms with Crippen molar-refractivity contribution in [2.75, 3.05) is 11.1 Å². The quantitative estimate of drug-likeness (QED) is 0.314. The van der Waals surface area contributed by atoms with Crippen LogP contribution in [0.25, 0.3) is 22.4 Å². The highest BCUT2D eigenvalue weighted by Crippen LogP contribution is 2.23. The van der Waals surface area contributed by atoms with E-state index >= 15 is 0 Å². The molecular weight excluding hydrogens is 366 g/mol. The van der Waals surface area contributed by atoms with Crippen LogP contribution in [0.4, 0.5) is 5.69 Å². The van der Waals surface area contributed by atoms with Gasteiger partial charge in [0.25, 0.3) is 0 Å². The predicted molar refractivity (Wildman–Crippen MR) is 117 cm³/mol. The standard InChI is InChI=1S/C23H21N3OS/c27-22(14-7-15-28-19-10-2-1-3-11-19)24-18-9-6-8-17(16-18)23-25-20-12-4-5-13-21(20)26-23/h1-6,8-13,16H,7,14-15H2,(H,24,27)(H,25,26). The Morgan fingerprint density at radius 3 is 2.64 bits per heavy atom. The molecule has 0 fully saturated rings. The summed E-state index contributed by atoms with van der Waals surface area (Å²) in [7, 11) is 0. The lowest BCUT2D eigenvalue weighted by Crippen LogP contribution is -2.11.